The number of rotatable bonds is 4. The number of aliphatic hydroxyl groups is 1. The van der Waals surface area contributed by atoms with Gasteiger partial charge in [0, 0.05) is 0 Å². The van der Waals surface area contributed by atoms with Gasteiger partial charge in [0.15, 0.2) is 0 Å². The van der Waals surface area contributed by atoms with Crippen molar-refractivity contribution in [2.75, 3.05) is 7.11 Å². The Hall–Kier alpha value is -1.30. The van der Waals surface area contributed by atoms with Crippen LogP contribution < -0.4 is 5.32 Å². The summed E-state index contributed by atoms with van der Waals surface area (Å²) in [7, 11) is 1.30. The monoisotopic (exact) mass is 301 g/mol. The Morgan fingerprint density at radius 2 is 1.81 bits per heavy atom. The quantitative estimate of drug-likeness (QED) is 0.776. The van der Waals surface area contributed by atoms with Crippen molar-refractivity contribution in [1.29, 1.82) is 0 Å². The lowest BCUT2D eigenvalue weighted by atomic mass is 9.83. The molecule has 0 aromatic rings. The van der Waals surface area contributed by atoms with E-state index >= 15 is 0 Å². The zero-order valence-electron chi connectivity index (χ0n) is 13.3. The van der Waals surface area contributed by atoms with Crippen LogP contribution in [0.5, 0.6) is 0 Å². The van der Waals surface area contributed by atoms with E-state index in [-0.39, 0.29) is 6.10 Å². The molecule has 0 aromatic heterocycles. The maximum absolute atomic E-state index is 11.8. The topological polar surface area (TPSA) is 84.9 Å². The van der Waals surface area contributed by atoms with Crippen molar-refractivity contribution in [2.24, 2.45) is 5.92 Å². The van der Waals surface area contributed by atoms with Crippen molar-refractivity contribution in [1.82, 2.24) is 5.32 Å². The van der Waals surface area contributed by atoms with Crippen LogP contribution in [-0.4, -0.2) is 42.0 Å². The minimum Gasteiger partial charge on any atom is -0.467 e. The molecule has 1 aliphatic carbocycles. The minimum absolute atomic E-state index is 0.239. The van der Waals surface area contributed by atoms with E-state index < -0.39 is 23.7 Å². The van der Waals surface area contributed by atoms with E-state index in [2.05, 4.69) is 5.32 Å². The molecule has 0 bridgehead atoms. The summed E-state index contributed by atoms with van der Waals surface area (Å²) in [6, 6.07) is -0.704. The summed E-state index contributed by atoms with van der Waals surface area (Å²) in [6.45, 7) is 5.30. The summed E-state index contributed by atoms with van der Waals surface area (Å²) in [5, 5.41) is 12.1. The van der Waals surface area contributed by atoms with E-state index in [4.69, 9.17) is 9.47 Å². The molecular formula is C15H27NO5. The number of nitrogens with one attached hydrogen (secondary N) is 1. The standard InChI is InChI=1S/C15H27NO5/c1-15(2,3)21-14(19)16-12(13(18)20-4)9-10-5-7-11(17)8-6-10/h10-12,17H,5-9H2,1-4H3,(H,16,19). The molecule has 2 N–H and O–H groups in total. The highest BCUT2D eigenvalue weighted by molar-refractivity contribution is 5.81. The molecule has 6 heteroatoms. The average Bonchev–Trinajstić information content (AvgIpc) is 2.37. The number of methoxy groups -OCH3 is 1. The molecule has 21 heavy (non-hydrogen) atoms. The Balaban J connectivity index is 2.55. The van der Waals surface area contributed by atoms with Gasteiger partial charge >= 0.3 is 12.1 Å². The fourth-order valence-corrected chi connectivity index (χ4v) is 2.52. The van der Waals surface area contributed by atoms with Crippen molar-refractivity contribution in [3.63, 3.8) is 0 Å². The molecule has 1 aliphatic rings. The smallest absolute Gasteiger partial charge is 0.408 e. The molecule has 1 amide bonds. The zero-order chi connectivity index (χ0) is 16.0. The van der Waals surface area contributed by atoms with Gasteiger partial charge in [-0.3, -0.25) is 0 Å². The van der Waals surface area contributed by atoms with Crippen LogP contribution in [0.2, 0.25) is 0 Å². The van der Waals surface area contributed by atoms with Crippen LogP contribution >= 0.6 is 0 Å². The highest BCUT2D eigenvalue weighted by atomic mass is 16.6. The van der Waals surface area contributed by atoms with Gasteiger partial charge < -0.3 is 19.9 Å². The van der Waals surface area contributed by atoms with E-state index in [1.165, 1.54) is 7.11 Å². The Morgan fingerprint density at radius 3 is 2.29 bits per heavy atom. The molecule has 6 nitrogen and oxygen atoms in total. The molecule has 1 unspecified atom stereocenters. The second-order valence-corrected chi connectivity index (χ2v) is 6.63. The SMILES string of the molecule is COC(=O)C(CC1CCC(O)CC1)NC(=O)OC(C)(C)C. The lowest BCUT2D eigenvalue weighted by Gasteiger charge is -2.28. The van der Waals surface area contributed by atoms with Crippen molar-refractivity contribution in [3.05, 3.63) is 0 Å². The number of ether oxygens (including phenoxy) is 2. The number of hydrogen-bond donors (Lipinski definition) is 2. The molecule has 0 radical (unpaired) electrons. The molecule has 1 saturated carbocycles. The fourth-order valence-electron chi connectivity index (χ4n) is 2.52. The largest absolute Gasteiger partial charge is 0.467 e. The van der Waals surface area contributed by atoms with Gasteiger partial charge in [-0.2, -0.15) is 0 Å². The summed E-state index contributed by atoms with van der Waals surface area (Å²) >= 11 is 0. The van der Waals surface area contributed by atoms with E-state index in [0.29, 0.717) is 12.3 Å². The third kappa shape index (κ3) is 6.80. The van der Waals surface area contributed by atoms with Crippen LogP contribution in [0.3, 0.4) is 0 Å². The molecule has 1 fully saturated rings. The number of hydrogen-bond acceptors (Lipinski definition) is 5. The second kappa shape index (κ2) is 7.64. The maximum atomic E-state index is 11.8. The summed E-state index contributed by atoms with van der Waals surface area (Å²) in [4.78, 5) is 23.6. The molecule has 0 aliphatic heterocycles. The number of amides is 1. The van der Waals surface area contributed by atoms with Gasteiger partial charge in [0.25, 0.3) is 0 Å². The first-order chi connectivity index (χ1) is 9.71. The first kappa shape index (κ1) is 17.8. The summed E-state index contributed by atoms with van der Waals surface area (Å²) < 4.78 is 9.92. The van der Waals surface area contributed by atoms with Crippen LogP contribution in [0, 0.1) is 5.92 Å². The predicted octanol–water partition coefficient (Wildman–Crippen LogP) is 1.99. The van der Waals surface area contributed by atoms with Crippen LogP contribution in [-0.2, 0) is 14.3 Å². The highest BCUT2D eigenvalue weighted by Gasteiger charge is 2.29. The molecule has 0 aromatic carbocycles. The minimum atomic E-state index is -0.704. The van der Waals surface area contributed by atoms with Crippen molar-refractivity contribution >= 4 is 12.1 Å². The van der Waals surface area contributed by atoms with Crippen LogP contribution in [0.4, 0.5) is 4.79 Å². The number of aliphatic hydroxyl groups excluding tert-OH is 1. The fraction of sp³-hybridized carbons (Fsp3) is 0.867. The van der Waals surface area contributed by atoms with Gasteiger partial charge in [0.05, 0.1) is 13.2 Å². The van der Waals surface area contributed by atoms with Crippen LogP contribution in [0.15, 0.2) is 0 Å². The third-order valence-electron chi connectivity index (χ3n) is 3.56. The van der Waals surface area contributed by atoms with Gasteiger partial charge in [0.1, 0.15) is 11.6 Å². The molecule has 0 heterocycles. The van der Waals surface area contributed by atoms with Gasteiger partial charge in [-0.05, 0) is 58.8 Å². The Morgan fingerprint density at radius 1 is 1.24 bits per heavy atom. The Labute approximate surface area is 126 Å². The van der Waals surface area contributed by atoms with Crippen molar-refractivity contribution in [3.8, 4) is 0 Å². The summed E-state index contributed by atoms with van der Waals surface area (Å²) in [5.74, 6) is -0.167. The number of carbonyl (C=O) groups is 2. The lowest BCUT2D eigenvalue weighted by molar-refractivity contribution is -0.143. The Bertz CT molecular complexity index is 356. The zero-order valence-corrected chi connectivity index (χ0v) is 13.3. The second-order valence-electron chi connectivity index (χ2n) is 6.63. The normalized spacial score (nSPS) is 24.0. The van der Waals surface area contributed by atoms with Crippen molar-refractivity contribution in [2.45, 2.75) is 70.6 Å². The highest BCUT2D eigenvalue weighted by Crippen LogP contribution is 2.28. The van der Waals surface area contributed by atoms with E-state index in [1.807, 2.05) is 0 Å². The van der Waals surface area contributed by atoms with Crippen LogP contribution in [0.25, 0.3) is 0 Å². The Kier molecular flexibility index (Phi) is 6.45. The number of alkyl carbamates (subject to hydrolysis) is 1. The average molecular weight is 301 g/mol. The van der Waals surface area contributed by atoms with E-state index in [9.17, 15) is 14.7 Å². The van der Waals surface area contributed by atoms with Gasteiger partial charge in [-0.15, -0.1) is 0 Å². The third-order valence-corrected chi connectivity index (χ3v) is 3.56. The molecule has 0 spiro atoms. The first-order valence-corrected chi connectivity index (χ1v) is 7.46. The molecule has 0 saturated heterocycles. The number of esters is 1. The number of carbonyl (C=O) groups excluding carboxylic acids is 2. The van der Waals surface area contributed by atoms with Crippen LogP contribution in [0.1, 0.15) is 52.9 Å². The molecule has 1 atom stereocenters. The molecular weight excluding hydrogens is 274 g/mol. The molecule has 1 rings (SSSR count). The van der Waals surface area contributed by atoms with Crippen molar-refractivity contribution < 1.29 is 24.2 Å². The predicted molar refractivity (Wildman–Crippen MR) is 77.8 cm³/mol. The van der Waals surface area contributed by atoms with Gasteiger partial charge in [-0.1, -0.05) is 0 Å². The maximum Gasteiger partial charge on any atom is 0.408 e. The van der Waals surface area contributed by atoms with Gasteiger partial charge in [-0.25, -0.2) is 9.59 Å². The lowest BCUT2D eigenvalue weighted by Crippen LogP contribution is -2.45. The first-order valence-electron chi connectivity index (χ1n) is 7.46. The van der Waals surface area contributed by atoms with E-state index in [0.717, 1.165) is 25.7 Å². The summed E-state index contributed by atoms with van der Waals surface area (Å²) in [5.41, 5.74) is -0.611. The molecule has 122 valence electrons. The van der Waals surface area contributed by atoms with Gasteiger partial charge in [0.2, 0.25) is 0 Å². The summed E-state index contributed by atoms with van der Waals surface area (Å²) in [6.07, 6.45) is 2.84. The van der Waals surface area contributed by atoms with E-state index in [1.54, 1.807) is 20.8 Å².